The number of hydrogen-bond acceptors (Lipinski definition) is 6. The Morgan fingerprint density at radius 1 is 1.08 bits per heavy atom. The lowest BCUT2D eigenvalue weighted by molar-refractivity contribution is 0.0650. The first-order chi connectivity index (χ1) is 18.8. The van der Waals surface area contributed by atoms with Crippen LogP contribution in [0.25, 0.3) is 0 Å². The van der Waals surface area contributed by atoms with Gasteiger partial charge in [-0.05, 0) is 62.3 Å². The summed E-state index contributed by atoms with van der Waals surface area (Å²) in [7, 11) is 3.22. The minimum Gasteiger partial charge on any atom is -0.493 e. The van der Waals surface area contributed by atoms with Gasteiger partial charge in [0.1, 0.15) is 0 Å². The monoisotopic (exact) mass is 541 g/mol. The standard InChI is InChI=1S/C30H43N3O6/c1-21(2)33(29(34)23-12-14-27(38-4)28(17-23)39-16-8-15-37-3)20-24-18-31-19-25(24)26(32-30(35)36)13-11-22-9-6-5-7-10-22/h5-7,9-10,12,14,17,21,24-26,31-32H,8,11,13,15-16,18-20H2,1-4H3,(H,35,36)/t24-,25+,26-/m0/s1. The van der Waals surface area contributed by atoms with Crippen molar-refractivity contribution in [2.24, 2.45) is 11.8 Å². The molecular weight excluding hydrogens is 498 g/mol. The molecule has 3 rings (SSSR count). The molecule has 3 atom stereocenters. The van der Waals surface area contributed by atoms with Crippen molar-refractivity contribution in [1.82, 2.24) is 15.5 Å². The molecule has 39 heavy (non-hydrogen) atoms. The van der Waals surface area contributed by atoms with Crippen LogP contribution in [0.15, 0.2) is 48.5 Å². The van der Waals surface area contributed by atoms with Crippen molar-refractivity contribution in [1.29, 1.82) is 0 Å². The van der Waals surface area contributed by atoms with E-state index in [2.05, 4.69) is 22.8 Å². The molecule has 0 radical (unpaired) electrons. The molecule has 1 aliphatic heterocycles. The fourth-order valence-corrected chi connectivity index (χ4v) is 5.20. The number of carbonyl (C=O) groups is 2. The molecule has 214 valence electrons. The van der Waals surface area contributed by atoms with Gasteiger partial charge in [-0.15, -0.1) is 0 Å². The Morgan fingerprint density at radius 2 is 1.85 bits per heavy atom. The van der Waals surface area contributed by atoms with E-state index in [9.17, 15) is 14.7 Å². The van der Waals surface area contributed by atoms with E-state index in [1.54, 1.807) is 32.4 Å². The number of nitrogens with zero attached hydrogens (tertiary/aromatic N) is 1. The summed E-state index contributed by atoms with van der Waals surface area (Å²) in [6.45, 7) is 6.99. The Hall–Kier alpha value is -3.30. The summed E-state index contributed by atoms with van der Waals surface area (Å²) in [5, 5.41) is 15.8. The third-order valence-electron chi connectivity index (χ3n) is 7.28. The number of carbonyl (C=O) groups excluding carboxylic acids is 1. The third kappa shape index (κ3) is 8.86. The lowest BCUT2D eigenvalue weighted by Gasteiger charge is -2.34. The fraction of sp³-hybridized carbons (Fsp3) is 0.533. The molecule has 0 saturated carbocycles. The van der Waals surface area contributed by atoms with Gasteiger partial charge in [-0.25, -0.2) is 4.79 Å². The Balaban J connectivity index is 1.74. The summed E-state index contributed by atoms with van der Waals surface area (Å²) in [5.41, 5.74) is 1.70. The minimum atomic E-state index is -1.02. The first-order valence-electron chi connectivity index (χ1n) is 13.7. The van der Waals surface area contributed by atoms with Gasteiger partial charge < -0.3 is 34.9 Å². The van der Waals surface area contributed by atoms with Crippen LogP contribution in [0.4, 0.5) is 4.79 Å². The average molecular weight is 542 g/mol. The smallest absolute Gasteiger partial charge is 0.404 e. The number of rotatable bonds is 15. The van der Waals surface area contributed by atoms with Crippen molar-refractivity contribution >= 4 is 12.0 Å². The van der Waals surface area contributed by atoms with Crippen molar-refractivity contribution in [2.45, 2.75) is 45.2 Å². The lowest BCUT2D eigenvalue weighted by atomic mass is 9.85. The van der Waals surface area contributed by atoms with Crippen molar-refractivity contribution in [2.75, 3.05) is 47.1 Å². The molecule has 0 aromatic heterocycles. The van der Waals surface area contributed by atoms with E-state index in [0.717, 1.165) is 19.4 Å². The van der Waals surface area contributed by atoms with Crippen molar-refractivity contribution in [3.8, 4) is 11.5 Å². The Morgan fingerprint density at radius 3 is 2.51 bits per heavy atom. The maximum Gasteiger partial charge on any atom is 0.404 e. The zero-order valence-corrected chi connectivity index (χ0v) is 23.5. The quantitative estimate of drug-likeness (QED) is 0.292. The fourth-order valence-electron chi connectivity index (χ4n) is 5.20. The molecule has 3 N–H and O–H groups in total. The molecular formula is C30H43N3O6. The predicted octanol–water partition coefficient (Wildman–Crippen LogP) is 4.07. The molecule has 0 unspecified atom stereocenters. The number of hydrogen-bond donors (Lipinski definition) is 3. The highest BCUT2D eigenvalue weighted by atomic mass is 16.5. The van der Waals surface area contributed by atoms with Crippen LogP contribution in [0.1, 0.15) is 42.6 Å². The largest absolute Gasteiger partial charge is 0.493 e. The highest BCUT2D eigenvalue weighted by Crippen LogP contribution is 2.30. The first-order valence-corrected chi connectivity index (χ1v) is 13.7. The van der Waals surface area contributed by atoms with Crippen LogP contribution >= 0.6 is 0 Å². The van der Waals surface area contributed by atoms with Crippen LogP contribution in [-0.2, 0) is 11.2 Å². The Kier molecular flexibility index (Phi) is 11.9. The van der Waals surface area contributed by atoms with Gasteiger partial charge in [0.25, 0.3) is 5.91 Å². The molecule has 2 aromatic rings. The van der Waals surface area contributed by atoms with Crippen molar-refractivity contribution in [3.05, 3.63) is 59.7 Å². The predicted molar refractivity (Wildman–Crippen MR) is 151 cm³/mol. The number of benzene rings is 2. The van der Waals surface area contributed by atoms with Crippen LogP contribution < -0.4 is 20.1 Å². The van der Waals surface area contributed by atoms with Gasteiger partial charge in [0.15, 0.2) is 11.5 Å². The van der Waals surface area contributed by atoms with Gasteiger partial charge in [0.05, 0.1) is 13.7 Å². The van der Waals surface area contributed by atoms with E-state index in [4.69, 9.17) is 14.2 Å². The normalized spacial score (nSPS) is 17.6. The molecule has 2 amide bonds. The third-order valence-corrected chi connectivity index (χ3v) is 7.28. The van der Waals surface area contributed by atoms with E-state index in [1.807, 2.05) is 36.9 Å². The van der Waals surface area contributed by atoms with Gasteiger partial charge in [-0.2, -0.15) is 0 Å². The van der Waals surface area contributed by atoms with E-state index in [0.29, 0.717) is 49.8 Å². The van der Waals surface area contributed by atoms with Crippen molar-refractivity contribution in [3.63, 3.8) is 0 Å². The molecule has 1 fully saturated rings. The number of methoxy groups -OCH3 is 2. The van der Waals surface area contributed by atoms with Crippen LogP contribution in [-0.4, -0.2) is 81.2 Å². The van der Waals surface area contributed by atoms with Gasteiger partial charge in [0, 0.05) is 57.4 Å². The molecule has 1 heterocycles. The molecule has 0 spiro atoms. The molecule has 0 aliphatic carbocycles. The minimum absolute atomic E-state index is 0.0397. The highest BCUT2D eigenvalue weighted by Gasteiger charge is 2.37. The Labute approximate surface area is 231 Å². The number of nitrogens with one attached hydrogen (secondary N) is 2. The lowest BCUT2D eigenvalue weighted by Crippen LogP contribution is -2.47. The van der Waals surface area contributed by atoms with E-state index >= 15 is 0 Å². The summed E-state index contributed by atoms with van der Waals surface area (Å²) in [6.07, 6.45) is 1.17. The van der Waals surface area contributed by atoms with Crippen LogP contribution in [0.2, 0.25) is 0 Å². The summed E-state index contributed by atoms with van der Waals surface area (Å²) < 4.78 is 16.4. The number of amides is 2. The van der Waals surface area contributed by atoms with Gasteiger partial charge in [0.2, 0.25) is 0 Å². The maximum absolute atomic E-state index is 13.7. The summed E-state index contributed by atoms with van der Waals surface area (Å²) >= 11 is 0. The first kappa shape index (κ1) is 30.2. The second-order valence-electron chi connectivity index (χ2n) is 10.3. The number of aryl methyl sites for hydroxylation is 1. The second kappa shape index (κ2) is 15.3. The number of ether oxygens (including phenoxy) is 3. The summed E-state index contributed by atoms with van der Waals surface area (Å²) in [6, 6.07) is 15.1. The molecule has 9 heteroatoms. The molecule has 1 aliphatic rings. The topological polar surface area (TPSA) is 109 Å². The zero-order valence-electron chi connectivity index (χ0n) is 23.5. The highest BCUT2D eigenvalue weighted by molar-refractivity contribution is 5.95. The zero-order chi connectivity index (χ0) is 28.2. The number of carboxylic acid groups (broad SMARTS) is 1. The van der Waals surface area contributed by atoms with Crippen LogP contribution in [0.3, 0.4) is 0 Å². The van der Waals surface area contributed by atoms with Crippen molar-refractivity contribution < 1.29 is 28.9 Å². The van der Waals surface area contributed by atoms with E-state index in [-0.39, 0.29) is 29.8 Å². The van der Waals surface area contributed by atoms with Crippen LogP contribution in [0.5, 0.6) is 11.5 Å². The van der Waals surface area contributed by atoms with Crippen LogP contribution in [0, 0.1) is 11.8 Å². The molecule has 0 bridgehead atoms. The summed E-state index contributed by atoms with van der Waals surface area (Å²) in [5.74, 6) is 1.17. The maximum atomic E-state index is 13.7. The van der Waals surface area contributed by atoms with Gasteiger partial charge in [-0.3, -0.25) is 4.79 Å². The van der Waals surface area contributed by atoms with Gasteiger partial charge in [-0.1, -0.05) is 30.3 Å². The summed E-state index contributed by atoms with van der Waals surface area (Å²) in [4.78, 5) is 27.3. The van der Waals surface area contributed by atoms with E-state index in [1.165, 1.54) is 5.56 Å². The molecule has 2 aromatic carbocycles. The molecule has 1 saturated heterocycles. The average Bonchev–Trinajstić information content (AvgIpc) is 3.40. The van der Waals surface area contributed by atoms with Gasteiger partial charge >= 0.3 is 6.09 Å². The molecule has 9 nitrogen and oxygen atoms in total. The SMILES string of the molecule is COCCCOc1cc(C(=O)N(C[C@@H]2CNC[C@H]2[C@H](CCc2ccccc2)NC(=O)O)C(C)C)ccc1OC. The Bertz CT molecular complexity index is 1050. The second-order valence-corrected chi connectivity index (χ2v) is 10.3. The van der Waals surface area contributed by atoms with E-state index < -0.39 is 6.09 Å².